The van der Waals surface area contributed by atoms with Crippen molar-refractivity contribution in [3.05, 3.63) is 23.5 Å². The average molecular weight is 221 g/mol. The van der Waals surface area contributed by atoms with Crippen molar-refractivity contribution in [2.45, 2.75) is 19.0 Å². The van der Waals surface area contributed by atoms with Crippen LogP contribution < -0.4 is 0 Å². The lowest BCUT2D eigenvalue weighted by atomic mass is 10.1. The van der Waals surface area contributed by atoms with Crippen LogP contribution in [0.25, 0.3) is 0 Å². The normalized spacial score (nSPS) is 24.4. The highest BCUT2D eigenvalue weighted by Crippen LogP contribution is 2.25. The molecule has 1 aromatic heterocycles. The number of aromatic amines is 1. The standard InChI is InChI=1S/C11H12FN3O/c1-11(12)2-3-15(7-11)10(16)9-4-8(5-13)6-14-9/h4,6,14H,2-3,7H2,1H3/t11-/m0/s1. The summed E-state index contributed by atoms with van der Waals surface area (Å²) in [5.74, 6) is -0.247. The van der Waals surface area contributed by atoms with Gasteiger partial charge in [-0.15, -0.1) is 0 Å². The summed E-state index contributed by atoms with van der Waals surface area (Å²) in [4.78, 5) is 16.1. The van der Waals surface area contributed by atoms with Crippen LogP contribution in [-0.4, -0.2) is 34.5 Å². The number of halogens is 1. The second kappa shape index (κ2) is 3.63. The molecule has 1 saturated heterocycles. The largest absolute Gasteiger partial charge is 0.356 e. The molecule has 16 heavy (non-hydrogen) atoms. The molecule has 0 aromatic carbocycles. The van der Waals surface area contributed by atoms with E-state index in [1.807, 2.05) is 6.07 Å². The Bertz CT molecular complexity index is 458. The zero-order valence-electron chi connectivity index (χ0n) is 8.96. The van der Waals surface area contributed by atoms with Crippen molar-refractivity contribution in [1.82, 2.24) is 9.88 Å². The van der Waals surface area contributed by atoms with Crippen molar-refractivity contribution < 1.29 is 9.18 Å². The first-order valence-electron chi connectivity index (χ1n) is 5.08. The summed E-state index contributed by atoms with van der Waals surface area (Å²) in [5, 5.41) is 8.63. The third-order valence-corrected chi connectivity index (χ3v) is 2.75. The Labute approximate surface area is 92.7 Å². The van der Waals surface area contributed by atoms with Crippen LogP contribution in [0.3, 0.4) is 0 Å². The number of carbonyl (C=O) groups excluding carboxylic acids is 1. The summed E-state index contributed by atoms with van der Waals surface area (Å²) in [7, 11) is 0. The molecular formula is C11H12FN3O. The first-order chi connectivity index (χ1) is 7.52. The van der Waals surface area contributed by atoms with E-state index >= 15 is 0 Å². The van der Waals surface area contributed by atoms with Crippen molar-refractivity contribution in [2.75, 3.05) is 13.1 Å². The van der Waals surface area contributed by atoms with Gasteiger partial charge < -0.3 is 9.88 Å². The first-order valence-corrected chi connectivity index (χ1v) is 5.08. The monoisotopic (exact) mass is 221 g/mol. The van der Waals surface area contributed by atoms with Gasteiger partial charge >= 0.3 is 0 Å². The van der Waals surface area contributed by atoms with E-state index in [2.05, 4.69) is 4.98 Å². The van der Waals surface area contributed by atoms with Crippen LogP contribution in [-0.2, 0) is 0 Å². The molecule has 1 N–H and O–H groups in total. The molecule has 5 heteroatoms. The number of alkyl halides is 1. The third-order valence-electron chi connectivity index (χ3n) is 2.75. The van der Waals surface area contributed by atoms with Gasteiger partial charge in [0.05, 0.1) is 12.1 Å². The molecule has 1 atom stereocenters. The second-order valence-corrected chi connectivity index (χ2v) is 4.30. The van der Waals surface area contributed by atoms with Crippen LogP contribution in [0.1, 0.15) is 29.4 Å². The summed E-state index contributed by atoms with van der Waals surface area (Å²) >= 11 is 0. The molecule has 1 aromatic rings. The Hall–Kier alpha value is -1.83. The minimum absolute atomic E-state index is 0.118. The lowest BCUT2D eigenvalue weighted by Crippen LogP contribution is -2.32. The Morgan fingerprint density at radius 1 is 1.75 bits per heavy atom. The van der Waals surface area contributed by atoms with Crippen LogP contribution in [0.15, 0.2) is 12.3 Å². The number of nitriles is 1. The molecule has 0 spiro atoms. The quantitative estimate of drug-likeness (QED) is 0.780. The molecule has 0 bridgehead atoms. The van der Waals surface area contributed by atoms with E-state index in [9.17, 15) is 9.18 Å². The fourth-order valence-corrected chi connectivity index (χ4v) is 1.85. The van der Waals surface area contributed by atoms with E-state index < -0.39 is 5.67 Å². The minimum atomic E-state index is -1.29. The van der Waals surface area contributed by atoms with Crippen LogP contribution in [0.5, 0.6) is 0 Å². The van der Waals surface area contributed by atoms with Gasteiger partial charge in [-0.25, -0.2) is 4.39 Å². The van der Waals surface area contributed by atoms with Gasteiger partial charge in [-0.1, -0.05) is 0 Å². The van der Waals surface area contributed by atoms with Gasteiger partial charge in [0.25, 0.3) is 5.91 Å². The molecule has 2 rings (SSSR count). The Morgan fingerprint density at radius 3 is 3.00 bits per heavy atom. The van der Waals surface area contributed by atoms with Gasteiger partial charge in [-0.2, -0.15) is 5.26 Å². The molecule has 1 aliphatic heterocycles. The molecule has 1 fully saturated rings. The van der Waals surface area contributed by atoms with Crippen molar-refractivity contribution in [1.29, 1.82) is 5.26 Å². The molecule has 0 unspecified atom stereocenters. The molecule has 0 radical (unpaired) electrons. The van der Waals surface area contributed by atoms with Gasteiger partial charge in [-0.05, 0) is 13.0 Å². The van der Waals surface area contributed by atoms with Gasteiger partial charge in [0.15, 0.2) is 0 Å². The van der Waals surface area contributed by atoms with Gasteiger partial charge in [0.1, 0.15) is 17.4 Å². The highest BCUT2D eigenvalue weighted by atomic mass is 19.1. The van der Waals surface area contributed by atoms with E-state index in [0.29, 0.717) is 24.2 Å². The summed E-state index contributed by atoms with van der Waals surface area (Å²) in [6.07, 6.45) is 1.84. The fraction of sp³-hybridized carbons (Fsp3) is 0.455. The van der Waals surface area contributed by atoms with Crippen molar-refractivity contribution in [3.63, 3.8) is 0 Å². The number of likely N-dealkylation sites (tertiary alicyclic amines) is 1. The number of carbonyl (C=O) groups is 1. The highest BCUT2D eigenvalue weighted by Gasteiger charge is 2.36. The van der Waals surface area contributed by atoms with Gasteiger partial charge in [0, 0.05) is 19.2 Å². The molecule has 1 aliphatic rings. The zero-order valence-corrected chi connectivity index (χ0v) is 8.96. The van der Waals surface area contributed by atoms with Crippen molar-refractivity contribution >= 4 is 5.91 Å². The summed E-state index contributed by atoms with van der Waals surface area (Å²) in [5.41, 5.74) is -0.542. The molecule has 1 amide bonds. The summed E-state index contributed by atoms with van der Waals surface area (Å²) in [6.45, 7) is 2.04. The number of nitrogens with one attached hydrogen (secondary N) is 1. The molecule has 4 nitrogen and oxygen atoms in total. The lowest BCUT2D eigenvalue weighted by molar-refractivity contribution is 0.0755. The predicted octanol–water partition coefficient (Wildman–Crippen LogP) is 1.46. The lowest BCUT2D eigenvalue weighted by Gasteiger charge is -2.16. The molecular weight excluding hydrogens is 209 g/mol. The topological polar surface area (TPSA) is 59.9 Å². The summed E-state index contributed by atoms with van der Waals surface area (Å²) < 4.78 is 13.6. The third kappa shape index (κ3) is 1.91. The van der Waals surface area contributed by atoms with Crippen LogP contribution in [0, 0.1) is 11.3 Å². The summed E-state index contributed by atoms with van der Waals surface area (Å²) in [6, 6.07) is 3.42. The molecule has 2 heterocycles. The average Bonchev–Trinajstić information content (AvgIpc) is 2.83. The van der Waals surface area contributed by atoms with E-state index in [-0.39, 0.29) is 12.5 Å². The maximum atomic E-state index is 13.6. The fourth-order valence-electron chi connectivity index (χ4n) is 1.85. The molecule has 0 aliphatic carbocycles. The van der Waals surface area contributed by atoms with Crippen LogP contribution in [0.4, 0.5) is 4.39 Å². The maximum absolute atomic E-state index is 13.6. The van der Waals surface area contributed by atoms with E-state index in [1.54, 1.807) is 0 Å². The SMILES string of the molecule is C[C@]1(F)CCN(C(=O)c2cc(C#N)c[nH]2)C1. The minimum Gasteiger partial charge on any atom is -0.356 e. The number of rotatable bonds is 1. The Balaban J connectivity index is 2.12. The zero-order chi connectivity index (χ0) is 11.8. The first kappa shape index (κ1) is 10.7. The Morgan fingerprint density at radius 2 is 2.50 bits per heavy atom. The number of H-pyrrole nitrogens is 1. The smallest absolute Gasteiger partial charge is 0.270 e. The number of hydrogen-bond acceptors (Lipinski definition) is 2. The van der Waals surface area contributed by atoms with Gasteiger partial charge in [0.2, 0.25) is 0 Å². The van der Waals surface area contributed by atoms with Crippen molar-refractivity contribution in [3.8, 4) is 6.07 Å². The van der Waals surface area contributed by atoms with E-state index in [0.717, 1.165) is 0 Å². The van der Waals surface area contributed by atoms with Crippen LogP contribution >= 0.6 is 0 Å². The Kier molecular flexibility index (Phi) is 2.43. The number of aromatic nitrogens is 1. The highest BCUT2D eigenvalue weighted by molar-refractivity contribution is 5.93. The molecule has 84 valence electrons. The number of hydrogen-bond donors (Lipinski definition) is 1. The van der Waals surface area contributed by atoms with Crippen molar-refractivity contribution in [2.24, 2.45) is 0 Å². The predicted molar refractivity (Wildman–Crippen MR) is 55.5 cm³/mol. The maximum Gasteiger partial charge on any atom is 0.270 e. The number of amides is 1. The number of nitrogens with zero attached hydrogens (tertiary/aromatic N) is 2. The van der Waals surface area contributed by atoms with E-state index in [1.165, 1.54) is 24.1 Å². The second-order valence-electron chi connectivity index (χ2n) is 4.30. The van der Waals surface area contributed by atoms with Crippen LogP contribution in [0.2, 0.25) is 0 Å². The molecule has 0 saturated carbocycles. The van der Waals surface area contributed by atoms with E-state index in [4.69, 9.17) is 5.26 Å². The van der Waals surface area contributed by atoms with Gasteiger partial charge in [-0.3, -0.25) is 4.79 Å².